The molecule has 0 radical (unpaired) electrons. The first kappa shape index (κ1) is 17.9. The van der Waals surface area contributed by atoms with Crippen LogP contribution in [0.5, 0.6) is 0 Å². The number of hydrogen-bond donors (Lipinski definition) is 2. The van der Waals surface area contributed by atoms with Crippen molar-refractivity contribution in [2.45, 2.75) is 18.7 Å². The summed E-state index contributed by atoms with van der Waals surface area (Å²) < 4.78 is 50.8. The van der Waals surface area contributed by atoms with Crippen LogP contribution in [0.2, 0.25) is 0 Å². The van der Waals surface area contributed by atoms with Gasteiger partial charge in [0.2, 0.25) is 20.0 Å². The van der Waals surface area contributed by atoms with Crippen LogP contribution in [0.25, 0.3) is 0 Å². The molecule has 0 aromatic heterocycles. The van der Waals surface area contributed by atoms with Crippen LogP contribution in [0.4, 0.5) is 5.69 Å². The van der Waals surface area contributed by atoms with Gasteiger partial charge in [0.25, 0.3) is 0 Å². The van der Waals surface area contributed by atoms with E-state index in [1.54, 1.807) is 13.0 Å². The van der Waals surface area contributed by atoms with Gasteiger partial charge in [0.15, 0.2) is 0 Å². The summed E-state index contributed by atoms with van der Waals surface area (Å²) in [7, 11) is -4.50. The summed E-state index contributed by atoms with van der Waals surface area (Å²) in [4.78, 5) is -0.0344. The molecule has 0 amide bonds. The lowest BCUT2D eigenvalue weighted by Crippen LogP contribution is -2.34. The highest BCUT2D eigenvalue weighted by atomic mass is 32.2. The van der Waals surface area contributed by atoms with Crippen LogP contribution in [0.15, 0.2) is 17.0 Å². The fourth-order valence-corrected chi connectivity index (χ4v) is 3.69. The summed E-state index contributed by atoms with van der Waals surface area (Å²) in [6.45, 7) is 3.40. The van der Waals surface area contributed by atoms with Gasteiger partial charge in [-0.25, -0.2) is 25.9 Å². The largest absolute Gasteiger partial charge is 0.398 e. The molecule has 0 unspecified atom stereocenters. The molecule has 7 nitrogen and oxygen atoms in total. The standard InChI is InChI=1S/C12H21N3O4S2/c1-9-7-11(13)12(8-10(9)2)21(18,19)14-5-6-20(16,17)15(3)4/h7-8,14H,5-6,13H2,1-4H3. The van der Waals surface area contributed by atoms with Crippen LogP contribution >= 0.6 is 0 Å². The van der Waals surface area contributed by atoms with Crippen LogP contribution in [-0.2, 0) is 20.0 Å². The maximum Gasteiger partial charge on any atom is 0.242 e. The van der Waals surface area contributed by atoms with Crippen LogP contribution in [0, 0.1) is 13.8 Å². The normalized spacial score (nSPS) is 12.8. The lowest BCUT2D eigenvalue weighted by molar-refractivity contribution is 0.519. The Morgan fingerprint density at radius 2 is 1.62 bits per heavy atom. The van der Waals surface area contributed by atoms with Gasteiger partial charge in [-0.2, -0.15) is 0 Å². The van der Waals surface area contributed by atoms with Gasteiger partial charge >= 0.3 is 0 Å². The number of benzene rings is 1. The van der Waals surface area contributed by atoms with Crippen LogP contribution in [0.1, 0.15) is 11.1 Å². The molecule has 0 spiro atoms. The average Bonchev–Trinajstić information content (AvgIpc) is 2.32. The van der Waals surface area contributed by atoms with Gasteiger partial charge in [-0.15, -0.1) is 0 Å². The highest BCUT2D eigenvalue weighted by Crippen LogP contribution is 2.22. The number of nitrogens with one attached hydrogen (secondary N) is 1. The van der Waals surface area contributed by atoms with Gasteiger partial charge in [0.1, 0.15) is 4.90 Å². The Morgan fingerprint density at radius 1 is 1.10 bits per heavy atom. The maximum atomic E-state index is 12.2. The monoisotopic (exact) mass is 335 g/mol. The first-order valence-electron chi connectivity index (χ1n) is 6.24. The molecule has 0 bridgehead atoms. The van der Waals surface area contributed by atoms with Crippen molar-refractivity contribution >= 4 is 25.7 Å². The minimum Gasteiger partial charge on any atom is -0.398 e. The quantitative estimate of drug-likeness (QED) is 0.714. The minimum atomic E-state index is -3.84. The fourth-order valence-electron chi connectivity index (χ4n) is 1.61. The lowest BCUT2D eigenvalue weighted by atomic mass is 10.1. The van der Waals surface area contributed by atoms with Crippen molar-refractivity contribution in [2.24, 2.45) is 0 Å². The van der Waals surface area contributed by atoms with E-state index in [4.69, 9.17) is 5.73 Å². The summed E-state index contributed by atoms with van der Waals surface area (Å²) in [5.74, 6) is -0.315. The Balaban J connectivity index is 2.92. The molecule has 120 valence electrons. The third kappa shape index (κ3) is 4.40. The predicted octanol–water partition coefficient (Wildman–Crippen LogP) is 0.0553. The Bertz CT molecular complexity index is 725. The molecule has 9 heteroatoms. The minimum absolute atomic E-state index is 0.0344. The van der Waals surface area contributed by atoms with Gasteiger partial charge in [0, 0.05) is 20.6 Å². The third-order valence-corrected chi connectivity index (χ3v) is 6.47. The summed E-state index contributed by atoms with van der Waals surface area (Å²) in [6.07, 6.45) is 0. The number of nitrogen functional groups attached to an aromatic ring is 1. The summed E-state index contributed by atoms with van der Waals surface area (Å²) in [5, 5.41) is 0. The van der Waals surface area contributed by atoms with E-state index >= 15 is 0 Å². The zero-order chi connectivity index (χ0) is 16.4. The molecular weight excluding hydrogens is 314 g/mol. The van der Waals surface area contributed by atoms with Crippen molar-refractivity contribution in [3.05, 3.63) is 23.3 Å². The zero-order valence-corrected chi connectivity index (χ0v) is 14.2. The van der Waals surface area contributed by atoms with Gasteiger partial charge in [-0.1, -0.05) is 0 Å². The van der Waals surface area contributed by atoms with E-state index in [9.17, 15) is 16.8 Å². The van der Waals surface area contributed by atoms with E-state index in [-0.39, 0.29) is 22.9 Å². The smallest absolute Gasteiger partial charge is 0.242 e. The van der Waals surface area contributed by atoms with E-state index in [2.05, 4.69) is 4.72 Å². The van der Waals surface area contributed by atoms with Crippen LogP contribution < -0.4 is 10.5 Å². The van der Waals surface area contributed by atoms with Gasteiger partial charge < -0.3 is 5.73 Å². The molecule has 1 aromatic rings. The summed E-state index contributed by atoms with van der Waals surface area (Å²) >= 11 is 0. The molecule has 0 atom stereocenters. The molecule has 1 aromatic carbocycles. The highest BCUT2D eigenvalue weighted by molar-refractivity contribution is 7.90. The van der Waals surface area contributed by atoms with E-state index < -0.39 is 20.0 Å². The van der Waals surface area contributed by atoms with Crippen LogP contribution in [0.3, 0.4) is 0 Å². The molecule has 21 heavy (non-hydrogen) atoms. The van der Waals surface area contributed by atoms with E-state index in [0.717, 1.165) is 15.4 Å². The Labute approximate surface area is 126 Å². The predicted molar refractivity (Wildman–Crippen MR) is 83.0 cm³/mol. The highest BCUT2D eigenvalue weighted by Gasteiger charge is 2.20. The fraction of sp³-hybridized carbons (Fsp3) is 0.500. The molecule has 0 saturated carbocycles. The molecule has 0 heterocycles. The summed E-state index contributed by atoms with van der Waals surface area (Å²) in [5.41, 5.74) is 7.56. The molecule has 0 aliphatic carbocycles. The molecule has 0 fully saturated rings. The van der Waals surface area contributed by atoms with Crippen molar-refractivity contribution in [2.75, 3.05) is 32.1 Å². The van der Waals surface area contributed by atoms with Gasteiger partial charge in [-0.05, 0) is 37.1 Å². The SMILES string of the molecule is Cc1cc(N)c(S(=O)(=O)NCCS(=O)(=O)N(C)C)cc1C. The van der Waals surface area contributed by atoms with Crippen molar-refractivity contribution in [1.29, 1.82) is 0 Å². The van der Waals surface area contributed by atoms with E-state index in [1.165, 1.54) is 20.2 Å². The Kier molecular flexibility index (Phi) is 5.37. The third-order valence-electron chi connectivity index (χ3n) is 3.12. The summed E-state index contributed by atoms with van der Waals surface area (Å²) in [6, 6.07) is 3.06. The second-order valence-electron chi connectivity index (χ2n) is 4.97. The second kappa shape index (κ2) is 6.30. The molecule has 1 rings (SSSR count). The van der Waals surface area contributed by atoms with Crippen molar-refractivity contribution in [3.63, 3.8) is 0 Å². The number of rotatable bonds is 6. The van der Waals surface area contributed by atoms with Gasteiger partial charge in [-0.3, -0.25) is 0 Å². The molecule has 3 N–H and O–H groups in total. The number of nitrogens with zero attached hydrogens (tertiary/aromatic N) is 1. The first-order valence-corrected chi connectivity index (χ1v) is 9.33. The van der Waals surface area contributed by atoms with Crippen molar-refractivity contribution in [3.8, 4) is 0 Å². The average molecular weight is 335 g/mol. The van der Waals surface area contributed by atoms with E-state index in [0.29, 0.717) is 0 Å². The van der Waals surface area contributed by atoms with E-state index in [1.807, 2.05) is 6.92 Å². The number of nitrogens with two attached hydrogens (primary N) is 1. The molecule has 0 aliphatic heterocycles. The number of anilines is 1. The first-order chi connectivity index (χ1) is 9.47. The molecular formula is C12H21N3O4S2. The van der Waals surface area contributed by atoms with Crippen molar-refractivity contribution < 1.29 is 16.8 Å². The second-order valence-corrected chi connectivity index (χ2v) is 9.01. The number of sulfonamides is 2. The van der Waals surface area contributed by atoms with Gasteiger partial charge in [0.05, 0.1) is 11.4 Å². The number of hydrogen-bond acceptors (Lipinski definition) is 5. The lowest BCUT2D eigenvalue weighted by Gasteiger charge is -2.13. The topological polar surface area (TPSA) is 110 Å². The maximum absolute atomic E-state index is 12.2. The zero-order valence-electron chi connectivity index (χ0n) is 12.5. The molecule has 0 saturated heterocycles. The molecule has 0 aliphatic rings. The Morgan fingerprint density at radius 3 is 2.14 bits per heavy atom. The number of aryl methyl sites for hydroxylation is 2. The Hall–Kier alpha value is -1.16. The van der Waals surface area contributed by atoms with Crippen molar-refractivity contribution in [1.82, 2.24) is 9.03 Å². The van der Waals surface area contributed by atoms with Crippen LogP contribution in [-0.4, -0.2) is 47.5 Å².